The fourth-order valence-corrected chi connectivity index (χ4v) is 2.09. The van der Waals surface area contributed by atoms with Crippen molar-refractivity contribution < 1.29 is 0 Å². The van der Waals surface area contributed by atoms with Crippen molar-refractivity contribution in [1.29, 1.82) is 0 Å². The number of thiophene rings is 1. The zero-order valence-electron chi connectivity index (χ0n) is 7.23. The number of hydrogen-bond donors (Lipinski definition) is 1. The first-order valence-corrected chi connectivity index (χ1v) is 4.97. The second-order valence-electron chi connectivity index (χ2n) is 2.75. The Labute approximate surface area is 82.1 Å². The van der Waals surface area contributed by atoms with Gasteiger partial charge in [-0.05, 0) is 31.0 Å². The van der Waals surface area contributed by atoms with Crippen molar-refractivity contribution in [3.05, 3.63) is 33.5 Å². The van der Waals surface area contributed by atoms with E-state index in [9.17, 15) is 0 Å². The van der Waals surface area contributed by atoms with Crippen molar-refractivity contribution in [1.82, 2.24) is 5.32 Å². The molecule has 0 radical (unpaired) electrons. The summed E-state index contributed by atoms with van der Waals surface area (Å²) in [7, 11) is 1.92. The normalized spacial score (nSPS) is 12.9. The van der Waals surface area contributed by atoms with Gasteiger partial charge >= 0.3 is 0 Å². The van der Waals surface area contributed by atoms with Gasteiger partial charge in [0.05, 0.1) is 10.4 Å². The number of hydrogen-bond acceptors (Lipinski definition) is 2. The number of halogens is 1. The predicted molar refractivity (Wildman–Crippen MR) is 55.9 cm³/mol. The molecule has 0 saturated carbocycles. The molecule has 1 heterocycles. The monoisotopic (exact) mass is 201 g/mol. The molecule has 1 nitrogen and oxygen atoms in total. The molecule has 1 aromatic rings. The fourth-order valence-electron chi connectivity index (χ4n) is 1.17. The Morgan fingerprint density at radius 2 is 2.42 bits per heavy atom. The Balaban J connectivity index is 2.87. The van der Waals surface area contributed by atoms with Gasteiger partial charge < -0.3 is 5.32 Å². The third kappa shape index (κ3) is 2.09. The summed E-state index contributed by atoms with van der Waals surface area (Å²) in [6.07, 6.45) is 0. The smallest absolute Gasteiger partial charge is 0.0931 e. The average molecular weight is 202 g/mol. The van der Waals surface area contributed by atoms with E-state index in [0.29, 0.717) is 0 Å². The van der Waals surface area contributed by atoms with E-state index >= 15 is 0 Å². The first kappa shape index (κ1) is 9.78. The number of rotatable bonds is 3. The SMILES string of the molecule is C=C(C)C(NC)c1csc(Cl)c1. The quantitative estimate of drug-likeness (QED) is 0.741. The van der Waals surface area contributed by atoms with Crippen molar-refractivity contribution in [3.8, 4) is 0 Å². The minimum absolute atomic E-state index is 0.230. The van der Waals surface area contributed by atoms with Crippen molar-refractivity contribution >= 4 is 22.9 Å². The molecule has 1 unspecified atom stereocenters. The maximum Gasteiger partial charge on any atom is 0.0931 e. The summed E-state index contributed by atoms with van der Waals surface area (Å²) < 4.78 is 0.825. The van der Waals surface area contributed by atoms with Crippen LogP contribution in [0.2, 0.25) is 4.34 Å². The zero-order valence-corrected chi connectivity index (χ0v) is 8.80. The Kier molecular flexibility index (Phi) is 3.32. The summed E-state index contributed by atoms with van der Waals surface area (Å²) in [4.78, 5) is 0. The molecule has 0 aliphatic rings. The van der Waals surface area contributed by atoms with Crippen molar-refractivity contribution in [2.24, 2.45) is 0 Å². The van der Waals surface area contributed by atoms with Gasteiger partial charge in [0.15, 0.2) is 0 Å². The van der Waals surface area contributed by atoms with Crippen LogP contribution >= 0.6 is 22.9 Å². The molecule has 12 heavy (non-hydrogen) atoms. The first-order valence-electron chi connectivity index (χ1n) is 3.71. The predicted octanol–water partition coefficient (Wildman–Crippen LogP) is 3.24. The molecule has 0 amide bonds. The van der Waals surface area contributed by atoms with Crippen molar-refractivity contribution in [2.75, 3.05) is 7.05 Å². The highest BCUT2D eigenvalue weighted by Gasteiger charge is 2.10. The van der Waals surface area contributed by atoms with E-state index in [1.807, 2.05) is 20.0 Å². The van der Waals surface area contributed by atoms with Crippen LogP contribution in [0.25, 0.3) is 0 Å². The highest BCUT2D eigenvalue weighted by Crippen LogP contribution is 2.27. The van der Waals surface area contributed by atoms with Crippen LogP contribution in [0.4, 0.5) is 0 Å². The minimum atomic E-state index is 0.230. The summed E-state index contributed by atoms with van der Waals surface area (Å²) in [5.74, 6) is 0. The lowest BCUT2D eigenvalue weighted by atomic mass is 10.1. The molecule has 0 aliphatic heterocycles. The van der Waals surface area contributed by atoms with Gasteiger partial charge in [0.25, 0.3) is 0 Å². The highest BCUT2D eigenvalue weighted by atomic mass is 35.5. The number of likely N-dealkylation sites (N-methyl/N-ethyl adjacent to an activating group) is 1. The highest BCUT2D eigenvalue weighted by molar-refractivity contribution is 7.14. The van der Waals surface area contributed by atoms with Crippen molar-refractivity contribution in [2.45, 2.75) is 13.0 Å². The molecule has 1 N–H and O–H groups in total. The van der Waals surface area contributed by atoms with E-state index in [4.69, 9.17) is 11.6 Å². The van der Waals surface area contributed by atoms with Gasteiger partial charge in [-0.2, -0.15) is 0 Å². The molecule has 0 aliphatic carbocycles. The standard InChI is InChI=1S/C9H12ClNS/c1-6(2)9(11-3)7-4-8(10)12-5-7/h4-5,9,11H,1H2,2-3H3. The molecule has 0 fully saturated rings. The summed E-state index contributed by atoms with van der Waals surface area (Å²) in [5.41, 5.74) is 2.30. The van der Waals surface area contributed by atoms with E-state index in [1.165, 1.54) is 5.56 Å². The Morgan fingerprint density at radius 1 is 1.75 bits per heavy atom. The summed E-state index contributed by atoms with van der Waals surface area (Å²) in [6.45, 7) is 5.92. The van der Waals surface area contributed by atoms with Gasteiger partial charge in [-0.3, -0.25) is 0 Å². The fraction of sp³-hybridized carbons (Fsp3) is 0.333. The van der Waals surface area contributed by atoms with Crippen LogP contribution in [-0.4, -0.2) is 7.05 Å². The lowest BCUT2D eigenvalue weighted by Crippen LogP contribution is -2.16. The summed E-state index contributed by atoms with van der Waals surface area (Å²) in [5, 5.41) is 5.23. The van der Waals surface area contributed by atoms with Crippen LogP contribution < -0.4 is 5.32 Å². The minimum Gasteiger partial charge on any atom is -0.310 e. The van der Waals surface area contributed by atoms with E-state index in [-0.39, 0.29) is 6.04 Å². The van der Waals surface area contributed by atoms with Crippen LogP contribution in [0.1, 0.15) is 18.5 Å². The van der Waals surface area contributed by atoms with Crippen LogP contribution in [0.15, 0.2) is 23.6 Å². The molecule has 0 aromatic carbocycles. The molecular formula is C9H12ClNS. The third-order valence-corrected chi connectivity index (χ3v) is 2.81. The summed E-state index contributed by atoms with van der Waals surface area (Å²) >= 11 is 7.38. The second kappa shape index (κ2) is 4.08. The second-order valence-corrected chi connectivity index (χ2v) is 4.29. The molecule has 1 aromatic heterocycles. The third-order valence-electron chi connectivity index (χ3n) is 1.70. The lowest BCUT2D eigenvalue weighted by Gasteiger charge is -2.13. The van der Waals surface area contributed by atoms with Gasteiger partial charge in [-0.1, -0.05) is 23.8 Å². The van der Waals surface area contributed by atoms with E-state index in [0.717, 1.165) is 9.91 Å². The van der Waals surface area contributed by atoms with Gasteiger partial charge in [-0.25, -0.2) is 0 Å². The Morgan fingerprint density at radius 3 is 2.75 bits per heavy atom. The number of nitrogens with one attached hydrogen (secondary N) is 1. The Bertz CT molecular complexity index is 280. The van der Waals surface area contributed by atoms with Gasteiger partial charge in [0.1, 0.15) is 0 Å². The van der Waals surface area contributed by atoms with Crippen molar-refractivity contribution in [3.63, 3.8) is 0 Å². The topological polar surface area (TPSA) is 12.0 Å². The average Bonchev–Trinajstić information content (AvgIpc) is 2.37. The Hall–Kier alpha value is -0.310. The summed E-state index contributed by atoms with van der Waals surface area (Å²) in [6, 6.07) is 2.20. The van der Waals surface area contributed by atoms with E-state index in [1.54, 1.807) is 11.3 Å². The molecule has 0 spiro atoms. The molecule has 3 heteroatoms. The van der Waals surface area contributed by atoms with E-state index < -0.39 is 0 Å². The maximum absolute atomic E-state index is 5.83. The van der Waals surface area contributed by atoms with Gasteiger partial charge in [0, 0.05) is 0 Å². The van der Waals surface area contributed by atoms with Crippen LogP contribution in [0.3, 0.4) is 0 Å². The molecule has 1 atom stereocenters. The van der Waals surface area contributed by atoms with Crippen LogP contribution in [0, 0.1) is 0 Å². The first-order chi connectivity index (χ1) is 5.65. The molecule has 0 saturated heterocycles. The largest absolute Gasteiger partial charge is 0.310 e. The molecular weight excluding hydrogens is 190 g/mol. The van der Waals surface area contributed by atoms with Crippen LogP contribution in [-0.2, 0) is 0 Å². The van der Waals surface area contributed by atoms with E-state index in [2.05, 4.69) is 17.3 Å². The van der Waals surface area contributed by atoms with Gasteiger partial charge in [0.2, 0.25) is 0 Å². The molecule has 1 rings (SSSR count). The molecule has 0 bridgehead atoms. The van der Waals surface area contributed by atoms with Crippen LogP contribution in [0.5, 0.6) is 0 Å². The zero-order chi connectivity index (χ0) is 9.14. The van der Waals surface area contributed by atoms with Gasteiger partial charge in [-0.15, -0.1) is 11.3 Å². The maximum atomic E-state index is 5.83. The molecule has 66 valence electrons. The lowest BCUT2D eigenvalue weighted by molar-refractivity contribution is 0.682.